The summed E-state index contributed by atoms with van der Waals surface area (Å²) in [6.45, 7) is 3.04. The lowest BCUT2D eigenvalue weighted by Gasteiger charge is -2.18. The van der Waals surface area contributed by atoms with Crippen LogP contribution in [0.3, 0.4) is 0 Å². The molecule has 0 bridgehead atoms. The predicted octanol–water partition coefficient (Wildman–Crippen LogP) is 1.90. The first-order valence-electron chi connectivity index (χ1n) is 6.08. The smallest absolute Gasteiger partial charge is 0.146 e. The molecule has 18 heavy (non-hydrogen) atoms. The number of nitrogens with zero attached hydrogens (tertiary/aromatic N) is 2. The second kappa shape index (κ2) is 6.16. The summed E-state index contributed by atoms with van der Waals surface area (Å²) in [6.07, 6.45) is 2.57. The number of methoxy groups -OCH3 is 1. The summed E-state index contributed by atoms with van der Waals surface area (Å²) in [5, 5.41) is 10.3. The van der Waals surface area contributed by atoms with Gasteiger partial charge in [0.2, 0.25) is 0 Å². The van der Waals surface area contributed by atoms with Crippen LogP contribution in [0.15, 0.2) is 30.6 Å². The fourth-order valence-corrected chi connectivity index (χ4v) is 1.90. The van der Waals surface area contributed by atoms with Gasteiger partial charge in [0.15, 0.2) is 0 Å². The highest BCUT2D eigenvalue weighted by atomic mass is 16.5. The summed E-state index contributed by atoms with van der Waals surface area (Å²) < 4.78 is 5.40. The monoisotopic (exact) mass is 246 g/mol. The van der Waals surface area contributed by atoms with Crippen molar-refractivity contribution in [3.8, 4) is 5.75 Å². The average Bonchev–Trinajstić information content (AvgIpc) is 2.94. The van der Waals surface area contributed by atoms with Gasteiger partial charge in [0, 0.05) is 5.56 Å². The van der Waals surface area contributed by atoms with Gasteiger partial charge in [0.25, 0.3) is 0 Å². The largest absolute Gasteiger partial charge is 0.496 e. The first kappa shape index (κ1) is 12.6. The Balaban J connectivity index is 2.33. The maximum Gasteiger partial charge on any atom is 0.146 e. The molecule has 0 saturated carbocycles. The van der Waals surface area contributed by atoms with Crippen LogP contribution in [-0.2, 0) is 0 Å². The number of hydrogen-bond acceptors (Lipinski definition) is 4. The lowest BCUT2D eigenvalue weighted by atomic mass is 10.0. The van der Waals surface area contributed by atoms with Crippen molar-refractivity contribution >= 4 is 0 Å². The molecule has 5 nitrogen and oxygen atoms in total. The third-order valence-corrected chi connectivity index (χ3v) is 2.76. The van der Waals surface area contributed by atoms with Crippen molar-refractivity contribution in [2.24, 2.45) is 0 Å². The summed E-state index contributed by atoms with van der Waals surface area (Å²) in [6, 6.07) is 7.92. The van der Waals surface area contributed by atoms with Crippen LogP contribution in [0.4, 0.5) is 0 Å². The fraction of sp³-hybridized carbons (Fsp3) is 0.385. The Labute approximate surface area is 107 Å². The Morgan fingerprint density at radius 1 is 1.39 bits per heavy atom. The number of aromatic nitrogens is 3. The number of rotatable bonds is 6. The van der Waals surface area contributed by atoms with Crippen LogP contribution in [0, 0.1) is 0 Å². The Kier molecular flexibility index (Phi) is 4.30. The van der Waals surface area contributed by atoms with Crippen LogP contribution < -0.4 is 10.1 Å². The molecule has 1 unspecified atom stereocenters. The number of ether oxygens (including phenoxy) is 1. The van der Waals surface area contributed by atoms with Gasteiger partial charge in [-0.2, -0.15) is 5.10 Å². The second-order valence-corrected chi connectivity index (χ2v) is 4.00. The highest BCUT2D eigenvalue weighted by molar-refractivity contribution is 5.38. The van der Waals surface area contributed by atoms with Crippen molar-refractivity contribution in [1.82, 2.24) is 20.5 Å². The fourth-order valence-electron chi connectivity index (χ4n) is 1.90. The number of para-hydroxylation sites is 1. The van der Waals surface area contributed by atoms with Crippen LogP contribution in [0.5, 0.6) is 5.75 Å². The zero-order valence-corrected chi connectivity index (χ0v) is 10.7. The molecule has 0 radical (unpaired) electrons. The SMILES string of the molecule is CCCNC(c1ncn[nH]1)c1ccccc1OC. The summed E-state index contributed by atoms with van der Waals surface area (Å²) in [7, 11) is 1.68. The molecule has 2 rings (SSSR count). The van der Waals surface area contributed by atoms with Gasteiger partial charge in [-0.15, -0.1) is 0 Å². The van der Waals surface area contributed by atoms with Gasteiger partial charge in [-0.25, -0.2) is 4.98 Å². The van der Waals surface area contributed by atoms with E-state index in [0.717, 1.165) is 30.1 Å². The lowest BCUT2D eigenvalue weighted by molar-refractivity contribution is 0.402. The Bertz CT molecular complexity index is 470. The molecular formula is C13H18N4O. The molecule has 96 valence electrons. The van der Waals surface area contributed by atoms with E-state index >= 15 is 0 Å². The molecule has 0 spiro atoms. The second-order valence-electron chi connectivity index (χ2n) is 4.00. The normalized spacial score (nSPS) is 12.3. The highest BCUT2D eigenvalue weighted by Crippen LogP contribution is 2.27. The van der Waals surface area contributed by atoms with Crippen molar-refractivity contribution in [3.63, 3.8) is 0 Å². The quantitative estimate of drug-likeness (QED) is 0.817. The van der Waals surface area contributed by atoms with E-state index in [1.54, 1.807) is 7.11 Å². The van der Waals surface area contributed by atoms with Crippen LogP contribution in [0.25, 0.3) is 0 Å². The Morgan fingerprint density at radius 3 is 2.89 bits per heavy atom. The highest BCUT2D eigenvalue weighted by Gasteiger charge is 2.19. The molecule has 0 aliphatic heterocycles. The van der Waals surface area contributed by atoms with Gasteiger partial charge in [-0.3, -0.25) is 5.10 Å². The van der Waals surface area contributed by atoms with E-state index in [0.29, 0.717) is 0 Å². The number of aromatic amines is 1. The van der Waals surface area contributed by atoms with E-state index in [1.165, 1.54) is 6.33 Å². The number of benzene rings is 1. The minimum absolute atomic E-state index is 0.0244. The molecule has 1 aromatic heterocycles. The molecule has 5 heteroatoms. The molecule has 0 aliphatic rings. The maximum atomic E-state index is 5.40. The molecular weight excluding hydrogens is 228 g/mol. The molecule has 0 amide bonds. The van der Waals surface area contributed by atoms with Gasteiger partial charge in [-0.05, 0) is 19.0 Å². The zero-order chi connectivity index (χ0) is 12.8. The Hall–Kier alpha value is -1.88. The van der Waals surface area contributed by atoms with Crippen LogP contribution in [-0.4, -0.2) is 28.8 Å². The zero-order valence-electron chi connectivity index (χ0n) is 10.7. The van der Waals surface area contributed by atoms with Crippen molar-refractivity contribution in [2.75, 3.05) is 13.7 Å². The van der Waals surface area contributed by atoms with Gasteiger partial charge in [0.1, 0.15) is 17.9 Å². The van der Waals surface area contributed by atoms with Gasteiger partial charge in [0.05, 0.1) is 13.2 Å². The first-order chi connectivity index (χ1) is 8.86. The van der Waals surface area contributed by atoms with Crippen molar-refractivity contribution in [2.45, 2.75) is 19.4 Å². The minimum Gasteiger partial charge on any atom is -0.496 e. The van der Waals surface area contributed by atoms with Gasteiger partial charge < -0.3 is 10.1 Å². The van der Waals surface area contributed by atoms with E-state index in [2.05, 4.69) is 27.4 Å². The molecule has 2 aromatic rings. The molecule has 1 atom stereocenters. The maximum absolute atomic E-state index is 5.40. The van der Waals surface area contributed by atoms with E-state index in [9.17, 15) is 0 Å². The molecule has 2 N–H and O–H groups in total. The predicted molar refractivity (Wildman–Crippen MR) is 69.5 cm³/mol. The van der Waals surface area contributed by atoms with E-state index in [1.807, 2.05) is 24.3 Å². The van der Waals surface area contributed by atoms with Crippen molar-refractivity contribution in [1.29, 1.82) is 0 Å². The van der Waals surface area contributed by atoms with E-state index in [-0.39, 0.29) is 6.04 Å². The van der Waals surface area contributed by atoms with Gasteiger partial charge in [-0.1, -0.05) is 25.1 Å². The third kappa shape index (κ3) is 2.68. The summed E-state index contributed by atoms with van der Waals surface area (Å²) in [5.41, 5.74) is 1.06. The van der Waals surface area contributed by atoms with E-state index < -0.39 is 0 Å². The lowest BCUT2D eigenvalue weighted by Crippen LogP contribution is -2.24. The topological polar surface area (TPSA) is 62.8 Å². The number of hydrogen-bond donors (Lipinski definition) is 2. The van der Waals surface area contributed by atoms with Crippen LogP contribution >= 0.6 is 0 Å². The van der Waals surface area contributed by atoms with Crippen LogP contribution in [0.1, 0.15) is 30.8 Å². The summed E-state index contributed by atoms with van der Waals surface area (Å²) >= 11 is 0. The molecule has 1 heterocycles. The number of H-pyrrole nitrogens is 1. The summed E-state index contributed by atoms with van der Waals surface area (Å²) in [4.78, 5) is 4.24. The molecule has 0 saturated heterocycles. The van der Waals surface area contributed by atoms with Crippen LogP contribution in [0.2, 0.25) is 0 Å². The molecule has 0 fully saturated rings. The van der Waals surface area contributed by atoms with Crippen molar-refractivity contribution < 1.29 is 4.74 Å². The van der Waals surface area contributed by atoms with Gasteiger partial charge >= 0.3 is 0 Å². The average molecular weight is 246 g/mol. The minimum atomic E-state index is -0.0244. The molecule has 0 aliphatic carbocycles. The van der Waals surface area contributed by atoms with E-state index in [4.69, 9.17) is 4.74 Å². The standard InChI is InChI=1S/C13H18N4O/c1-3-8-14-12(13-15-9-16-17-13)10-6-4-5-7-11(10)18-2/h4-7,9,12,14H,3,8H2,1-2H3,(H,15,16,17). The first-order valence-corrected chi connectivity index (χ1v) is 6.08. The van der Waals surface area contributed by atoms with Crippen molar-refractivity contribution in [3.05, 3.63) is 42.0 Å². The summed E-state index contributed by atoms with van der Waals surface area (Å²) in [5.74, 6) is 1.65. The third-order valence-electron chi connectivity index (χ3n) is 2.76. The Morgan fingerprint density at radius 2 is 2.22 bits per heavy atom. The number of nitrogens with one attached hydrogen (secondary N) is 2. The molecule has 1 aromatic carbocycles.